The van der Waals surface area contributed by atoms with Crippen molar-refractivity contribution in [2.45, 2.75) is 6.04 Å². The van der Waals surface area contributed by atoms with Gasteiger partial charge in [0, 0.05) is 12.7 Å². The van der Waals surface area contributed by atoms with Gasteiger partial charge in [-0.25, -0.2) is 4.79 Å². The van der Waals surface area contributed by atoms with Crippen LogP contribution in [-0.4, -0.2) is 27.5 Å². The van der Waals surface area contributed by atoms with Crippen molar-refractivity contribution in [3.05, 3.63) is 48.3 Å². The van der Waals surface area contributed by atoms with E-state index in [9.17, 15) is 4.79 Å². The van der Waals surface area contributed by atoms with Gasteiger partial charge in [0.25, 0.3) is 0 Å². The summed E-state index contributed by atoms with van der Waals surface area (Å²) < 4.78 is 1.65. The SMILES string of the molecule is Nc1cnn(C(CNC(=O)O)c2ccccc2)c1. The molecule has 0 aliphatic heterocycles. The average molecular weight is 246 g/mol. The summed E-state index contributed by atoms with van der Waals surface area (Å²) in [5.74, 6) is 0. The van der Waals surface area contributed by atoms with Crippen LogP contribution in [0.15, 0.2) is 42.7 Å². The van der Waals surface area contributed by atoms with Gasteiger partial charge in [-0.2, -0.15) is 5.10 Å². The molecule has 0 saturated carbocycles. The highest BCUT2D eigenvalue weighted by molar-refractivity contribution is 5.64. The summed E-state index contributed by atoms with van der Waals surface area (Å²) in [5.41, 5.74) is 7.14. The fraction of sp³-hybridized carbons (Fsp3) is 0.167. The van der Waals surface area contributed by atoms with Crippen molar-refractivity contribution in [1.29, 1.82) is 0 Å². The maximum absolute atomic E-state index is 10.6. The Labute approximate surface area is 104 Å². The quantitative estimate of drug-likeness (QED) is 0.758. The Kier molecular flexibility index (Phi) is 3.47. The van der Waals surface area contributed by atoms with Crippen LogP contribution in [0.25, 0.3) is 0 Å². The van der Waals surface area contributed by atoms with Crippen molar-refractivity contribution >= 4 is 11.8 Å². The molecule has 0 aliphatic carbocycles. The van der Waals surface area contributed by atoms with E-state index in [1.165, 1.54) is 6.20 Å². The van der Waals surface area contributed by atoms with Crippen molar-refractivity contribution < 1.29 is 9.90 Å². The highest BCUT2D eigenvalue weighted by Gasteiger charge is 2.15. The summed E-state index contributed by atoms with van der Waals surface area (Å²) >= 11 is 0. The van der Waals surface area contributed by atoms with E-state index in [1.54, 1.807) is 10.9 Å². The Morgan fingerprint density at radius 3 is 2.72 bits per heavy atom. The molecule has 0 spiro atoms. The van der Waals surface area contributed by atoms with E-state index < -0.39 is 6.09 Å². The number of carbonyl (C=O) groups is 1. The summed E-state index contributed by atoms with van der Waals surface area (Å²) in [6.07, 6.45) is 2.16. The normalized spacial score (nSPS) is 12.0. The second kappa shape index (κ2) is 5.22. The van der Waals surface area contributed by atoms with E-state index in [2.05, 4.69) is 10.4 Å². The third-order valence-electron chi connectivity index (χ3n) is 2.57. The topological polar surface area (TPSA) is 93.2 Å². The van der Waals surface area contributed by atoms with Crippen LogP contribution in [0.2, 0.25) is 0 Å². The van der Waals surface area contributed by atoms with Gasteiger partial charge in [-0.05, 0) is 5.56 Å². The number of carboxylic acid groups (broad SMARTS) is 1. The van der Waals surface area contributed by atoms with Crippen molar-refractivity contribution in [2.75, 3.05) is 12.3 Å². The second-order valence-corrected chi connectivity index (χ2v) is 3.87. The number of nitrogens with one attached hydrogen (secondary N) is 1. The van der Waals surface area contributed by atoms with Gasteiger partial charge in [0.05, 0.1) is 17.9 Å². The van der Waals surface area contributed by atoms with E-state index in [0.29, 0.717) is 5.69 Å². The maximum Gasteiger partial charge on any atom is 0.404 e. The maximum atomic E-state index is 10.6. The smallest absolute Gasteiger partial charge is 0.404 e. The lowest BCUT2D eigenvalue weighted by Crippen LogP contribution is -2.30. The lowest BCUT2D eigenvalue weighted by Gasteiger charge is -2.17. The number of nitrogens with zero attached hydrogens (tertiary/aromatic N) is 2. The van der Waals surface area contributed by atoms with Gasteiger partial charge < -0.3 is 16.2 Å². The molecule has 18 heavy (non-hydrogen) atoms. The van der Waals surface area contributed by atoms with Crippen LogP contribution in [0, 0.1) is 0 Å². The summed E-state index contributed by atoms with van der Waals surface area (Å²) in [7, 11) is 0. The Hall–Kier alpha value is -2.50. The van der Waals surface area contributed by atoms with Gasteiger partial charge in [0.1, 0.15) is 0 Å². The summed E-state index contributed by atoms with van der Waals surface area (Å²) in [6.45, 7) is 0.237. The first-order valence-corrected chi connectivity index (χ1v) is 5.48. The third kappa shape index (κ3) is 2.79. The van der Waals surface area contributed by atoms with E-state index in [0.717, 1.165) is 5.56 Å². The lowest BCUT2D eigenvalue weighted by molar-refractivity contribution is 0.193. The van der Waals surface area contributed by atoms with Crippen LogP contribution >= 0.6 is 0 Å². The van der Waals surface area contributed by atoms with Gasteiger partial charge in [-0.15, -0.1) is 0 Å². The molecule has 6 nitrogen and oxygen atoms in total. The molecule has 0 fully saturated rings. The molecule has 2 rings (SSSR count). The molecule has 94 valence electrons. The molecule has 0 saturated heterocycles. The predicted octanol–water partition coefficient (Wildman–Crippen LogP) is 1.32. The van der Waals surface area contributed by atoms with Gasteiger partial charge in [-0.1, -0.05) is 30.3 Å². The van der Waals surface area contributed by atoms with Crippen LogP contribution < -0.4 is 11.1 Å². The molecular weight excluding hydrogens is 232 g/mol. The molecule has 1 unspecified atom stereocenters. The van der Waals surface area contributed by atoms with Crippen molar-refractivity contribution in [1.82, 2.24) is 15.1 Å². The van der Waals surface area contributed by atoms with Gasteiger partial charge in [0.2, 0.25) is 0 Å². The first kappa shape index (κ1) is 12.0. The molecule has 1 aromatic carbocycles. The molecule has 1 amide bonds. The van der Waals surface area contributed by atoms with Crippen molar-refractivity contribution in [3.8, 4) is 0 Å². The highest BCUT2D eigenvalue weighted by atomic mass is 16.4. The molecule has 0 radical (unpaired) electrons. The minimum absolute atomic E-state index is 0.209. The number of amides is 1. The summed E-state index contributed by atoms with van der Waals surface area (Å²) in [4.78, 5) is 10.6. The zero-order chi connectivity index (χ0) is 13.0. The van der Waals surface area contributed by atoms with E-state index in [-0.39, 0.29) is 12.6 Å². The minimum Gasteiger partial charge on any atom is -0.465 e. The second-order valence-electron chi connectivity index (χ2n) is 3.87. The first-order valence-electron chi connectivity index (χ1n) is 5.48. The van der Waals surface area contributed by atoms with E-state index in [4.69, 9.17) is 10.8 Å². The number of hydrogen-bond donors (Lipinski definition) is 3. The van der Waals surface area contributed by atoms with E-state index >= 15 is 0 Å². The molecule has 0 aliphatic rings. The Bertz CT molecular complexity index is 524. The number of rotatable bonds is 4. The molecule has 1 heterocycles. The van der Waals surface area contributed by atoms with Crippen LogP contribution in [0.3, 0.4) is 0 Å². The largest absolute Gasteiger partial charge is 0.465 e. The predicted molar refractivity (Wildman–Crippen MR) is 67.2 cm³/mol. The Morgan fingerprint density at radius 2 is 2.17 bits per heavy atom. The van der Waals surface area contributed by atoms with E-state index in [1.807, 2.05) is 30.3 Å². The standard InChI is InChI=1S/C12H14N4O2/c13-10-6-15-16(8-10)11(7-14-12(17)18)9-4-2-1-3-5-9/h1-6,8,11,14H,7,13H2,(H,17,18). The van der Waals surface area contributed by atoms with Crippen LogP contribution in [0.4, 0.5) is 10.5 Å². The molecule has 2 aromatic rings. The number of benzene rings is 1. The summed E-state index contributed by atoms with van der Waals surface area (Å²) in [6, 6.07) is 9.34. The Balaban J connectivity index is 2.26. The zero-order valence-corrected chi connectivity index (χ0v) is 9.65. The fourth-order valence-electron chi connectivity index (χ4n) is 1.75. The summed E-state index contributed by atoms with van der Waals surface area (Å²) in [5, 5.41) is 15.2. The van der Waals surface area contributed by atoms with Crippen LogP contribution in [0.1, 0.15) is 11.6 Å². The average Bonchev–Trinajstić information content (AvgIpc) is 2.77. The monoisotopic (exact) mass is 246 g/mol. The zero-order valence-electron chi connectivity index (χ0n) is 9.65. The lowest BCUT2D eigenvalue weighted by atomic mass is 10.1. The van der Waals surface area contributed by atoms with Crippen LogP contribution in [-0.2, 0) is 0 Å². The minimum atomic E-state index is -1.06. The number of aromatic nitrogens is 2. The third-order valence-corrected chi connectivity index (χ3v) is 2.57. The molecule has 4 N–H and O–H groups in total. The number of anilines is 1. The highest BCUT2D eigenvalue weighted by Crippen LogP contribution is 2.17. The van der Waals surface area contributed by atoms with Crippen molar-refractivity contribution in [3.63, 3.8) is 0 Å². The molecule has 6 heteroatoms. The van der Waals surface area contributed by atoms with Crippen LogP contribution in [0.5, 0.6) is 0 Å². The van der Waals surface area contributed by atoms with Crippen molar-refractivity contribution in [2.24, 2.45) is 0 Å². The van der Waals surface area contributed by atoms with Gasteiger partial charge >= 0.3 is 6.09 Å². The van der Waals surface area contributed by atoms with Gasteiger partial charge in [0.15, 0.2) is 0 Å². The van der Waals surface area contributed by atoms with Gasteiger partial charge in [-0.3, -0.25) is 4.68 Å². The molecule has 1 aromatic heterocycles. The number of nitrogen functional groups attached to an aromatic ring is 1. The molecule has 1 atom stereocenters. The Morgan fingerprint density at radius 1 is 1.44 bits per heavy atom. The number of hydrogen-bond acceptors (Lipinski definition) is 3. The first-order chi connectivity index (χ1) is 8.66. The number of nitrogens with two attached hydrogens (primary N) is 1. The molecular formula is C12H14N4O2. The fourth-order valence-corrected chi connectivity index (χ4v) is 1.75. The molecule has 0 bridgehead atoms.